The van der Waals surface area contributed by atoms with Crippen molar-refractivity contribution in [1.82, 2.24) is 19.6 Å². The van der Waals surface area contributed by atoms with Gasteiger partial charge in [0.2, 0.25) is 0 Å². The van der Waals surface area contributed by atoms with Gasteiger partial charge in [-0.05, 0) is 18.6 Å². The van der Waals surface area contributed by atoms with Gasteiger partial charge in [0.15, 0.2) is 5.65 Å². The SMILES string of the molecule is Cc1nn2c(ncc3c(=O)[nH]ccc32)c1-c1ccccc1. The Morgan fingerprint density at radius 3 is 2.76 bits per heavy atom. The summed E-state index contributed by atoms with van der Waals surface area (Å²) in [6, 6.07) is 11.9. The van der Waals surface area contributed by atoms with Crippen LogP contribution in [0.4, 0.5) is 0 Å². The first-order valence-corrected chi connectivity index (χ1v) is 6.67. The fourth-order valence-electron chi connectivity index (χ4n) is 2.66. The Balaban J connectivity index is 2.16. The van der Waals surface area contributed by atoms with Gasteiger partial charge < -0.3 is 4.98 Å². The van der Waals surface area contributed by atoms with Crippen molar-refractivity contribution in [2.24, 2.45) is 0 Å². The van der Waals surface area contributed by atoms with Crippen molar-refractivity contribution < 1.29 is 0 Å². The molecule has 0 bridgehead atoms. The molecule has 0 fully saturated rings. The quantitative estimate of drug-likeness (QED) is 0.581. The number of H-pyrrole nitrogens is 1. The van der Waals surface area contributed by atoms with Gasteiger partial charge in [-0.25, -0.2) is 9.50 Å². The molecule has 102 valence electrons. The van der Waals surface area contributed by atoms with E-state index < -0.39 is 0 Å². The Kier molecular flexibility index (Phi) is 2.41. The second-order valence-corrected chi connectivity index (χ2v) is 4.93. The van der Waals surface area contributed by atoms with Gasteiger partial charge in [0.05, 0.1) is 16.6 Å². The minimum Gasteiger partial charge on any atom is -0.328 e. The van der Waals surface area contributed by atoms with Crippen molar-refractivity contribution in [3.05, 3.63) is 64.8 Å². The zero-order valence-electron chi connectivity index (χ0n) is 11.4. The lowest BCUT2D eigenvalue weighted by molar-refractivity contribution is 0.953. The lowest BCUT2D eigenvalue weighted by Gasteiger charge is -2.01. The van der Waals surface area contributed by atoms with Crippen LogP contribution >= 0.6 is 0 Å². The Hall–Kier alpha value is -2.95. The number of aryl methyl sites for hydroxylation is 1. The van der Waals surface area contributed by atoms with Crippen LogP contribution in [0.5, 0.6) is 0 Å². The monoisotopic (exact) mass is 276 g/mol. The molecular weight excluding hydrogens is 264 g/mol. The number of nitrogens with one attached hydrogen (secondary N) is 1. The van der Waals surface area contributed by atoms with E-state index in [2.05, 4.69) is 15.1 Å². The molecular formula is C16H12N4O. The molecule has 5 heteroatoms. The van der Waals surface area contributed by atoms with E-state index >= 15 is 0 Å². The highest BCUT2D eigenvalue weighted by Gasteiger charge is 2.15. The molecule has 21 heavy (non-hydrogen) atoms. The van der Waals surface area contributed by atoms with Crippen LogP contribution in [0.2, 0.25) is 0 Å². The molecule has 0 amide bonds. The highest BCUT2D eigenvalue weighted by atomic mass is 16.1. The molecule has 0 spiro atoms. The van der Waals surface area contributed by atoms with E-state index in [4.69, 9.17) is 0 Å². The molecule has 5 nitrogen and oxygen atoms in total. The average molecular weight is 276 g/mol. The number of benzene rings is 1. The molecule has 1 aromatic carbocycles. The predicted molar refractivity (Wildman–Crippen MR) is 81.3 cm³/mol. The van der Waals surface area contributed by atoms with Crippen molar-refractivity contribution in [2.45, 2.75) is 6.92 Å². The number of nitrogens with zero attached hydrogens (tertiary/aromatic N) is 3. The largest absolute Gasteiger partial charge is 0.328 e. The van der Waals surface area contributed by atoms with Crippen molar-refractivity contribution in [1.29, 1.82) is 0 Å². The molecule has 0 aliphatic carbocycles. The Bertz CT molecular complexity index is 1010. The molecule has 4 rings (SSSR count). The first-order valence-electron chi connectivity index (χ1n) is 6.67. The van der Waals surface area contributed by atoms with Crippen LogP contribution in [-0.4, -0.2) is 19.6 Å². The summed E-state index contributed by atoms with van der Waals surface area (Å²) in [6.07, 6.45) is 3.24. The predicted octanol–water partition coefficient (Wildman–Crippen LogP) is 2.55. The van der Waals surface area contributed by atoms with Gasteiger partial charge in [-0.2, -0.15) is 5.10 Å². The highest BCUT2D eigenvalue weighted by Crippen LogP contribution is 2.28. The summed E-state index contributed by atoms with van der Waals surface area (Å²) in [4.78, 5) is 19.0. The third-order valence-corrected chi connectivity index (χ3v) is 3.62. The normalized spacial score (nSPS) is 11.3. The van der Waals surface area contributed by atoms with Gasteiger partial charge >= 0.3 is 0 Å². The molecule has 0 atom stereocenters. The summed E-state index contributed by atoms with van der Waals surface area (Å²) in [7, 11) is 0. The lowest BCUT2D eigenvalue weighted by atomic mass is 10.1. The number of hydrogen-bond acceptors (Lipinski definition) is 3. The summed E-state index contributed by atoms with van der Waals surface area (Å²) in [5.41, 5.74) is 4.32. The van der Waals surface area contributed by atoms with Crippen LogP contribution in [0.3, 0.4) is 0 Å². The maximum atomic E-state index is 11.8. The average Bonchev–Trinajstić information content (AvgIpc) is 2.85. The highest BCUT2D eigenvalue weighted by molar-refractivity contribution is 5.86. The van der Waals surface area contributed by atoms with Crippen LogP contribution < -0.4 is 5.56 Å². The van der Waals surface area contributed by atoms with Gasteiger partial charge in [-0.15, -0.1) is 0 Å². The molecule has 3 heterocycles. The van der Waals surface area contributed by atoms with E-state index in [-0.39, 0.29) is 5.56 Å². The standard InChI is InChI=1S/C16H12N4O/c1-10-14(11-5-3-2-4-6-11)15-18-9-12-13(20(15)19-10)7-8-17-16(12)21/h2-9H,1H3,(H,17,21). The molecule has 4 aromatic rings. The smallest absolute Gasteiger partial charge is 0.258 e. The van der Waals surface area contributed by atoms with Crippen LogP contribution in [0, 0.1) is 6.92 Å². The van der Waals surface area contributed by atoms with Crippen molar-refractivity contribution in [3.63, 3.8) is 0 Å². The van der Waals surface area contributed by atoms with E-state index in [0.29, 0.717) is 5.39 Å². The first-order chi connectivity index (χ1) is 10.3. The number of hydrogen-bond donors (Lipinski definition) is 1. The first kappa shape index (κ1) is 11.8. The number of rotatable bonds is 1. The number of pyridine rings is 1. The molecule has 3 aromatic heterocycles. The molecule has 0 unspecified atom stereocenters. The number of aromatic nitrogens is 4. The zero-order chi connectivity index (χ0) is 14.4. The fourth-order valence-corrected chi connectivity index (χ4v) is 2.66. The Morgan fingerprint density at radius 2 is 1.95 bits per heavy atom. The van der Waals surface area contributed by atoms with E-state index in [1.165, 1.54) is 0 Å². The van der Waals surface area contributed by atoms with Gasteiger partial charge in [-0.1, -0.05) is 30.3 Å². The topological polar surface area (TPSA) is 63.1 Å². The summed E-state index contributed by atoms with van der Waals surface area (Å²) < 4.78 is 1.74. The minimum absolute atomic E-state index is 0.156. The maximum Gasteiger partial charge on any atom is 0.258 e. The Morgan fingerprint density at radius 1 is 1.14 bits per heavy atom. The summed E-state index contributed by atoms with van der Waals surface area (Å²) in [6.45, 7) is 1.95. The van der Waals surface area contributed by atoms with Crippen LogP contribution in [-0.2, 0) is 0 Å². The summed E-state index contributed by atoms with van der Waals surface area (Å²) in [5, 5.41) is 5.09. The second kappa shape index (κ2) is 4.28. The number of aromatic amines is 1. The van der Waals surface area contributed by atoms with E-state index in [0.717, 1.165) is 28.0 Å². The molecule has 0 aliphatic rings. The molecule has 0 saturated heterocycles. The maximum absolute atomic E-state index is 11.8. The van der Waals surface area contributed by atoms with Gasteiger partial charge in [0.1, 0.15) is 0 Å². The van der Waals surface area contributed by atoms with Gasteiger partial charge in [-0.3, -0.25) is 4.79 Å². The number of fused-ring (bicyclic) bond motifs is 3. The second-order valence-electron chi connectivity index (χ2n) is 4.93. The van der Waals surface area contributed by atoms with Gasteiger partial charge in [0.25, 0.3) is 5.56 Å². The summed E-state index contributed by atoms with van der Waals surface area (Å²) in [5.74, 6) is 0. The zero-order valence-corrected chi connectivity index (χ0v) is 11.4. The van der Waals surface area contributed by atoms with Crippen LogP contribution in [0.25, 0.3) is 27.7 Å². The van der Waals surface area contributed by atoms with Crippen LogP contribution in [0.1, 0.15) is 5.69 Å². The van der Waals surface area contributed by atoms with E-state index in [1.54, 1.807) is 16.9 Å². The fraction of sp³-hybridized carbons (Fsp3) is 0.0625. The lowest BCUT2D eigenvalue weighted by Crippen LogP contribution is -2.07. The van der Waals surface area contributed by atoms with Crippen molar-refractivity contribution >= 4 is 16.6 Å². The minimum atomic E-state index is -0.156. The molecule has 0 saturated carbocycles. The molecule has 1 N–H and O–H groups in total. The molecule has 0 aliphatic heterocycles. The van der Waals surface area contributed by atoms with Crippen LogP contribution in [0.15, 0.2) is 53.6 Å². The van der Waals surface area contributed by atoms with Gasteiger partial charge in [0, 0.05) is 18.0 Å². The summed E-state index contributed by atoms with van der Waals surface area (Å²) >= 11 is 0. The van der Waals surface area contributed by atoms with Crippen molar-refractivity contribution in [2.75, 3.05) is 0 Å². The van der Waals surface area contributed by atoms with E-state index in [9.17, 15) is 4.79 Å². The third-order valence-electron chi connectivity index (χ3n) is 3.62. The molecule has 0 radical (unpaired) electrons. The third kappa shape index (κ3) is 1.67. The Labute approximate surface area is 119 Å². The van der Waals surface area contributed by atoms with E-state index in [1.807, 2.05) is 43.3 Å². The van der Waals surface area contributed by atoms with Crippen molar-refractivity contribution in [3.8, 4) is 11.1 Å².